The van der Waals surface area contributed by atoms with Crippen LogP contribution in [0.1, 0.15) is 57.3 Å². The maximum absolute atomic E-state index is 13.9. The molecule has 0 unspecified atom stereocenters. The number of unbranched alkanes of at least 4 members (excludes halogenated alkanes) is 1. The molecule has 0 aromatic carbocycles. The lowest BCUT2D eigenvalue weighted by atomic mass is 10.00. The Bertz CT molecular complexity index is 1490. The summed E-state index contributed by atoms with van der Waals surface area (Å²) in [6.45, 7) is 5.33. The topological polar surface area (TPSA) is 152 Å². The number of aldehydes is 1. The summed E-state index contributed by atoms with van der Waals surface area (Å²) in [6, 6.07) is 8.92. The van der Waals surface area contributed by atoms with E-state index in [4.69, 9.17) is 18.0 Å². The average Bonchev–Trinajstić information content (AvgIpc) is 3.74. The van der Waals surface area contributed by atoms with Crippen LogP contribution in [0.15, 0.2) is 85.3 Å². The van der Waals surface area contributed by atoms with Crippen LogP contribution in [0.2, 0.25) is 0 Å². The van der Waals surface area contributed by atoms with Gasteiger partial charge in [-0.2, -0.15) is 0 Å². The summed E-state index contributed by atoms with van der Waals surface area (Å²) in [6.07, 6.45) is 8.18. The van der Waals surface area contributed by atoms with Crippen molar-refractivity contribution in [1.29, 1.82) is 0 Å². The number of hydrogen-bond donors (Lipinski definition) is 2. The van der Waals surface area contributed by atoms with E-state index in [9.17, 15) is 24.3 Å². The zero-order chi connectivity index (χ0) is 30.3. The molecule has 0 radical (unpaired) electrons. The van der Waals surface area contributed by atoms with E-state index in [1.54, 1.807) is 68.1 Å². The summed E-state index contributed by atoms with van der Waals surface area (Å²) < 4.78 is 21.7. The highest BCUT2D eigenvalue weighted by Gasteiger charge is 2.39. The van der Waals surface area contributed by atoms with Gasteiger partial charge in [-0.25, -0.2) is 9.59 Å². The number of carbonyl (C=O) groups is 4. The minimum Gasteiger partial charge on any atom is -0.480 e. The van der Waals surface area contributed by atoms with Gasteiger partial charge in [0.2, 0.25) is 5.78 Å². The van der Waals surface area contributed by atoms with E-state index in [2.05, 4.69) is 5.32 Å². The summed E-state index contributed by atoms with van der Waals surface area (Å²) in [5, 5.41) is 12.0. The first-order valence-corrected chi connectivity index (χ1v) is 13.4. The molecule has 220 valence electrons. The van der Waals surface area contributed by atoms with Crippen molar-refractivity contribution in [3.05, 3.63) is 89.3 Å². The molecule has 4 heterocycles. The van der Waals surface area contributed by atoms with Gasteiger partial charge in [-0.3, -0.25) is 9.59 Å². The molecule has 0 saturated heterocycles. The van der Waals surface area contributed by atoms with Crippen LogP contribution in [0.25, 0.3) is 17.8 Å². The Balaban J connectivity index is 1.63. The van der Waals surface area contributed by atoms with Crippen molar-refractivity contribution in [3.63, 3.8) is 0 Å². The van der Waals surface area contributed by atoms with E-state index in [0.717, 1.165) is 0 Å². The highest BCUT2D eigenvalue weighted by atomic mass is 16.6. The number of nitrogens with zero attached hydrogens (tertiary/aromatic N) is 1. The molecule has 0 spiro atoms. The molecule has 0 aliphatic carbocycles. The van der Waals surface area contributed by atoms with Crippen LogP contribution in [0, 0.1) is 0 Å². The second-order valence-electron chi connectivity index (χ2n) is 10.5. The Labute approximate surface area is 242 Å². The Morgan fingerprint density at radius 3 is 2.26 bits per heavy atom. The van der Waals surface area contributed by atoms with Crippen LogP contribution in [0.4, 0.5) is 4.79 Å². The van der Waals surface area contributed by atoms with Gasteiger partial charge in [0.15, 0.2) is 12.0 Å². The van der Waals surface area contributed by atoms with Crippen molar-refractivity contribution in [1.82, 2.24) is 10.2 Å². The maximum Gasteiger partial charge on any atom is 0.408 e. The van der Waals surface area contributed by atoms with E-state index < -0.39 is 29.5 Å². The summed E-state index contributed by atoms with van der Waals surface area (Å²) in [5.74, 6) is -0.421. The molecule has 1 aliphatic rings. The molecule has 1 aliphatic heterocycles. The summed E-state index contributed by atoms with van der Waals surface area (Å²) in [4.78, 5) is 51.9. The van der Waals surface area contributed by atoms with Gasteiger partial charge >= 0.3 is 12.1 Å². The quantitative estimate of drug-likeness (QED) is 0.160. The van der Waals surface area contributed by atoms with Crippen molar-refractivity contribution >= 4 is 42.0 Å². The highest BCUT2D eigenvalue weighted by Crippen LogP contribution is 2.40. The summed E-state index contributed by atoms with van der Waals surface area (Å²) >= 11 is 0. The Hall–Kier alpha value is -5.06. The Kier molecular flexibility index (Phi) is 9.31. The predicted molar refractivity (Wildman–Crippen MR) is 151 cm³/mol. The third-order valence-corrected chi connectivity index (χ3v) is 6.20. The van der Waals surface area contributed by atoms with Crippen molar-refractivity contribution < 1.29 is 42.3 Å². The van der Waals surface area contributed by atoms with E-state index in [1.165, 1.54) is 24.9 Å². The Morgan fingerprint density at radius 1 is 1.02 bits per heavy atom. The number of aliphatic carboxylic acids is 1. The van der Waals surface area contributed by atoms with Crippen molar-refractivity contribution in [2.75, 3.05) is 6.54 Å². The number of carboxylic acids is 1. The fraction of sp³-hybridized carbons (Fsp3) is 0.290. The van der Waals surface area contributed by atoms with Crippen molar-refractivity contribution in [3.8, 4) is 0 Å². The molecule has 11 heteroatoms. The van der Waals surface area contributed by atoms with Gasteiger partial charge in [0.25, 0.3) is 0 Å². The van der Waals surface area contributed by atoms with E-state index in [0.29, 0.717) is 42.1 Å². The number of ketones is 1. The SMILES string of the molecule is CC(C)(C)OC(=O)N[C@@H](CCCCN1C(c2ccco2)=C(/C(C=O)=C\c2ccco2)C(=O)/C1=C\c1ccco1)C(=O)O. The normalized spacial score (nSPS) is 15.8. The minimum atomic E-state index is -1.19. The van der Waals surface area contributed by atoms with Crippen molar-refractivity contribution in [2.45, 2.75) is 51.7 Å². The minimum absolute atomic E-state index is 0.0988. The monoisotopic (exact) mass is 576 g/mol. The van der Waals surface area contributed by atoms with Crippen LogP contribution in [-0.4, -0.2) is 52.3 Å². The molecule has 4 rings (SSSR count). The first kappa shape index (κ1) is 29.9. The molecular formula is C31H32N2O9. The standard InChI is InChI=1S/C31H32N2O9/c1-31(2,3)42-30(38)32-23(29(36)37)11-4-5-13-33-24(18-22-10-7-15-40-22)28(35)26(27(33)25-12-8-16-41-25)20(19-34)17-21-9-6-14-39-21/h6-10,12,14-19,23H,4-5,11,13H2,1-3H3,(H,32,38)(H,36,37)/b20-17-,24-18+/t23-/m0/s1. The van der Waals surface area contributed by atoms with Gasteiger partial charge in [-0.15, -0.1) is 0 Å². The zero-order valence-electron chi connectivity index (χ0n) is 23.5. The lowest BCUT2D eigenvalue weighted by Gasteiger charge is -2.23. The number of alkyl carbamates (subject to hydrolysis) is 1. The zero-order valence-corrected chi connectivity index (χ0v) is 23.5. The lowest BCUT2D eigenvalue weighted by Crippen LogP contribution is -2.43. The number of allylic oxidation sites excluding steroid dienone is 2. The first-order chi connectivity index (χ1) is 20.1. The fourth-order valence-electron chi connectivity index (χ4n) is 4.45. The summed E-state index contributed by atoms with van der Waals surface area (Å²) in [7, 11) is 0. The smallest absolute Gasteiger partial charge is 0.408 e. The molecular weight excluding hydrogens is 544 g/mol. The molecule has 0 fully saturated rings. The highest BCUT2D eigenvalue weighted by molar-refractivity contribution is 6.25. The van der Waals surface area contributed by atoms with Gasteiger partial charge in [0.05, 0.1) is 35.8 Å². The molecule has 2 N–H and O–H groups in total. The Morgan fingerprint density at radius 2 is 1.69 bits per heavy atom. The van der Waals surface area contributed by atoms with Crippen molar-refractivity contribution in [2.24, 2.45) is 0 Å². The van der Waals surface area contributed by atoms with Crippen LogP contribution in [-0.2, 0) is 19.1 Å². The number of carbonyl (C=O) groups excluding carboxylic acids is 3. The van der Waals surface area contributed by atoms with Gasteiger partial charge in [0, 0.05) is 18.2 Å². The fourth-order valence-corrected chi connectivity index (χ4v) is 4.45. The van der Waals surface area contributed by atoms with Gasteiger partial charge < -0.3 is 33.3 Å². The van der Waals surface area contributed by atoms with Crippen LogP contribution in [0.5, 0.6) is 0 Å². The summed E-state index contributed by atoms with van der Waals surface area (Å²) in [5.41, 5.74) is 0.0879. The first-order valence-electron chi connectivity index (χ1n) is 13.4. The predicted octanol–water partition coefficient (Wildman–Crippen LogP) is 5.53. The van der Waals surface area contributed by atoms with Gasteiger partial charge in [-0.1, -0.05) is 0 Å². The maximum atomic E-state index is 13.9. The molecule has 0 saturated carbocycles. The second kappa shape index (κ2) is 13.1. The third-order valence-electron chi connectivity index (χ3n) is 6.20. The van der Waals surface area contributed by atoms with E-state index in [1.807, 2.05) is 0 Å². The number of hydrogen-bond acceptors (Lipinski definition) is 9. The molecule has 3 aromatic heterocycles. The van der Waals surface area contributed by atoms with E-state index >= 15 is 0 Å². The van der Waals surface area contributed by atoms with Crippen LogP contribution in [0.3, 0.4) is 0 Å². The molecule has 1 atom stereocenters. The number of furan rings is 3. The molecule has 1 amide bonds. The number of carboxylic acid groups (broad SMARTS) is 1. The lowest BCUT2D eigenvalue weighted by molar-refractivity contribution is -0.139. The largest absolute Gasteiger partial charge is 0.480 e. The van der Waals surface area contributed by atoms with Gasteiger partial charge in [0.1, 0.15) is 23.2 Å². The van der Waals surface area contributed by atoms with Crippen LogP contribution < -0.4 is 5.32 Å². The number of rotatable bonds is 12. The third kappa shape index (κ3) is 7.36. The molecule has 0 bridgehead atoms. The van der Waals surface area contributed by atoms with Gasteiger partial charge in [-0.05, 0) is 82.5 Å². The average molecular weight is 577 g/mol. The molecule has 42 heavy (non-hydrogen) atoms. The van der Waals surface area contributed by atoms with E-state index in [-0.39, 0.29) is 29.8 Å². The number of amides is 1. The second-order valence-corrected chi connectivity index (χ2v) is 10.5. The van der Waals surface area contributed by atoms with Crippen LogP contribution >= 0.6 is 0 Å². The number of Topliss-reactive ketones (excluding diaryl/α,β-unsaturated/α-hetero) is 1. The molecule has 3 aromatic rings. The number of ether oxygens (including phenoxy) is 1. The molecule has 11 nitrogen and oxygen atoms in total. The number of nitrogens with one attached hydrogen (secondary N) is 1.